The van der Waals surface area contributed by atoms with Crippen LogP contribution in [-0.2, 0) is 4.74 Å². The second kappa shape index (κ2) is 8.17. The van der Waals surface area contributed by atoms with Crippen molar-refractivity contribution in [2.45, 2.75) is 6.10 Å². The molecule has 0 saturated heterocycles. The molecule has 0 fully saturated rings. The summed E-state index contributed by atoms with van der Waals surface area (Å²) in [5.74, 6) is 1.37. The van der Waals surface area contributed by atoms with Crippen molar-refractivity contribution in [1.82, 2.24) is 0 Å². The van der Waals surface area contributed by atoms with Crippen molar-refractivity contribution >= 4 is 11.6 Å². The lowest BCUT2D eigenvalue weighted by atomic mass is 10.3. The fourth-order valence-corrected chi connectivity index (χ4v) is 1.24. The molecule has 0 spiro atoms. The molecule has 1 atom stereocenters. The van der Waals surface area contributed by atoms with Gasteiger partial charge in [0.05, 0.1) is 12.5 Å². The van der Waals surface area contributed by atoms with E-state index >= 15 is 0 Å². The molecule has 0 saturated carbocycles. The van der Waals surface area contributed by atoms with E-state index in [-0.39, 0.29) is 12.5 Å². The van der Waals surface area contributed by atoms with Gasteiger partial charge < -0.3 is 19.3 Å². The van der Waals surface area contributed by atoms with E-state index in [2.05, 4.69) is 0 Å². The number of hydrogen-bond acceptors (Lipinski definition) is 4. The zero-order chi connectivity index (χ0) is 12.5. The van der Waals surface area contributed by atoms with Crippen LogP contribution in [0.4, 0.5) is 0 Å². The molecule has 96 valence electrons. The van der Waals surface area contributed by atoms with E-state index in [0.717, 1.165) is 0 Å². The van der Waals surface area contributed by atoms with Crippen LogP contribution < -0.4 is 9.47 Å². The van der Waals surface area contributed by atoms with E-state index in [1.54, 1.807) is 19.2 Å². The van der Waals surface area contributed by atoms with Gasteiger partial charge in [-0.15, -0.1) is 11.6 Å². The molecule has 0 radical (unpaired) electrons. The number of para-hydroxylation sites is 2. The van der Waals surface area contributed by atoms with Gasteiger partial charge in [0.1, 0.15) is 19.3 Å². The highest BCUT2D eigenvalue weighted by atomic mass is 35.5. The Kier molecular flexibility index (Phi) is 6.77. The number of aliphatic hydroxyl groups is 1. The highest BCUT2D eigenvalue weighted by Gasteiger charge is 2.07. The maximum Gasteiger partial charge on any atom is 0.161 e. The van der Waals surface area contributed by atoms with Crippen molar-refractivity contribution < 1.29 is 19.3 Å². The van der Waals surface area contributed by atoms with Gasteiger partial charge in [-0.1, -0.05) is 12.1 Å². The third-order valence-corrected chi connectivity index (χ3v) is 2.36. The first kappa shape index (κ1) is 14.1. The summed E-state index contributed by atoms with van der Waals surface area (Å²) in [6.07, 6.45) is -0.677. The maximum absolute atomic E-state index is 9.31. The minimum Gasteiger partial charge on any atom is -0.487 e. The van der Waals surface area contributed by atoms with E-state index in [4.69, 9.17) is 25.8 Å². The highest BCUT2D eigenvalue weighted by molar-refractivity contribution is 6.18. The van der Waals surface area contributed by atoms with Crippen LogP contribution in [0.15, 0.2) is 24.3 Å². The Morgan fingerprint density at radius 2 is 1.82 bits per heavy atom. The summed E-state index contributed by atoms with van der Waals surface area (Å²) >= 11 is 5.48. The number of halogens is 1. The molecule has 4 nitrogen and oxygen atoms in total. The summed E-state index contributed by atoms with van der Waals surface area (Å²) in [6.45, 7) is 1.11. The van der Waals surface area contributed by atoms with Gasteiger partial charge in [0.2, 0.25) is 0 Å². The summed E-state index contributed by atoms with van der Waals surface area (Å²) < 4.78 is 15.8. The molecule has 1 rings (SSSR count). The maximum atomic E-state index is 9.31. The molecule has 0 bridgehead atoms. The summed E-state index contributed by atoms with van der Waals surface area (Å²) in [6, 6.07) is 7.28. The Labute approximate surface area is 106 Å². The SMILES string of the molecule is COCCOc1ccccc1OCC(O)CCl. The summed E-state index contributed by atoms with van der Waals surface area (Å²) in [4.78, 5) is 0. The van der Waals surface area contributed by atoms with Gasteiger partial charge in [-0.2, -0.15) is 0 Å². The van der Waals surface area contributed by atoms with Crippen LogP contribution >= 0.6 is 11.6 Å². The molecule has 0 aliphatic rings. The van der Waals surface area contributed by atoms with Crippen LogP contribution in [0.2, 0.25) is 0 Å². The van der Waals surface area contributed by atoms with Gasteiger partial charge in [-0.3, -0.25) is 0 Å². The summed E-state index contributed by atoms with van der Waals surface area (Å²) in [5, 5.41) is 9.31. The highest BCUT2D eigenvalue weighted by Crippen LogP contribution is 2.26. The zero-order valence-corrected chi connectivity index (χ0v) is 10.5. The topological polar surface area (TPSA) is 47.9 Å². The Bertz CT molecular complexity index is 319. The van der Waals surface area contributed by atoms with E-state index in [1.807, 2.05) is 12.1 Å². The third kappa shape index (κ3) is 5.26. The molecule has 17 heavy (non-hydrogen) atoms. The molecular formula is C12H17ClO4. The first-order valence-electron chi connectivity index (χ1n) is 5.35. The molecule has 1 N–H and O–H groups in total. The van der Waals surface area contributed by atoms with Crippen LogP contribution in [-0.4, -0.2) is 44.0 Å². The number of alkyl halides is 1. The van der Waals surface area contributed by atoms with Crippen LogP contribution in [0.25, 0.3) is 0 Å². The average molecular weight is 261 g/mol. The standard InChI is InChI=1S/C12H17ClO4/c1-15-6-7-16-11-4-2-3-5-12(11)17-9-10(14)8-13/h2-5,10,14H,6-9H2,1H3. The molecule has 1 unspecified atom stereocenters. The van der Waals surface area contributed by atoms with E-state index in [1.165, 1.54) is 0 Å². The van der Waals surface area contributed by atoms with Gasteiger partial charge in [-0.05, 0) is 12.1 Å². The number of aliphatic hydroxyl groups excluding tert-OH is 1. The normalized spacial score (nSPS) is 12.2. The molecule has 0 amide bonds. The van der Waals surface area contributed by atoms with Crippen LogP contribution in [0.1, 0.15) is 0 Å². The van der Waals surface area contributed by atoms with Crippen molar-refractivity contribution in [3.8, 4) is 11.5 Å². The monoisotopic (exact) mass is 260 g/mol. The van der Waals surface area contributed by atoms with Gasteiger partial charge >= 0.3 is 0 Å². The van der Waals surface area contributed by atoms with Crippen molar-refractivity contribution in [2.75, 3.05) is 32.8 Å². The van der Waals surface area contributed by atoms with E-state index in [9.17, 15) is 5.11 Å². The Hall–Kier alpha value is -0.970. The molecule has 5 heteroatoms. The number of benzene rings is 1. The minimum absolute atomic E-state index is 0.146. The minimum atomic E-state index is -0.677. The number of rotatable bonds is 8. The number of methoxy groups -OCH3 is 1. The van der Waals surface area contributed by atoms with Crippen molar-refractivity contribution in [3.05, 3.63) is 24.3 Å². The molecular weight excluding hydrogens is 244 g/mol. The Morgan fingerprint density at radius 1 is 1.18 bits per heavy atom. The van der Waals surface area contributed by atoms with Gasteiger partial charge in [0, 0.05) is 7.11 Å². The molecule has 1 aromatic carbocycles. The summed E-state index contributed by atoms with van der Waals surface area (Å²) in [5.41, 5.74) is 0. The fraction of sp³-hybridized carbons (Fsp3) is 0.500. The lowest BCUT2D eigenvalue weighted by Gasteiger charge is -2.13. The van der Waals surface area contributed by atoms with Crippen molar-refractivity contribution in [1.29, 1.82) is 0 Å². The number of ether oxygens (including phenoxy) is 3. The molecule has 0 aliphatic heterocycles. The van der Waals surface area contributed by atoms with Gasteiger partial charge in [-0.25, -0.2) is 0 Å². The smallest absolute Gasteiger partial charge is 0.161 e. The zero-order valence-electron chi connectivity index (χ0n) is 9.77. The largest absolute Gasteiger partial charge is 0.487 e. The van der Waals surface area contributed by atoms with E-state index < -0.39 is 6.10 Å². The second-order valence-electron chi connectivity index (χ2n) is 3.41. The Morgan fingerprint density at radius 3 is 2.41 bits per heavy atom. The van der Waals surface area contributed by atoms with Crippen molar-refractivity contribution in [2.24, 2.45) is 0 Å². The average Bonchev–Trinajstić information content (AvgIpc) is 2.37. The lowest BCUT2D eigenvalue weighted by Crippen LogP contribution is -2.19. The second-order valence-corrected chi connectivity index (χ2v) is 3.72. The van der Waals surface area contributed by atoms with E-state index in [0.29, 0.717) is 24.7 Å². The molecule has 0 heterocycles. The fourth-order valence-electron chi connectivity index (χ4n) is 1.15. The molecule has 0 aromatic heterocycles. The molecule has 1 aromatic rings. The predicted octanol–water partition coefficient (Wildman–Crippen LogP) is 1.69. The van der Waals surface area contributed by atoms with Gasteiger partial charge in [0.25, 0.3) is 0 Å². The van der Waals surface area contributed by atoms with Crippen LogP contribution in [0, 0.1) is 0 Å². The van der Waals surface area contributed by atoms with Crippen LogP contribution in [0.5, 0.6) is 11.5 Å². The predicted molar refractivity (Wildman–Crippen MR) is 66.0 cm³/mol. The summed E-state index contributed by atoms with van der Waals surface area (Å²) in [7, 11) is 1.61. The van der Waals surface area contributed by atoms with Gasteiger partial charge in [0.15, 0.2) is 11.5 Å². The van der Waals surface area contributed by atoms with Crippen molar-refractivity contribution in [3.63, 3.8) is 0 Å². The Balaban J connectivity index is 2.51. The lowest BCUT2D eigenvalue weighted by molar-refractivity contribution is 0.117. The first-order valence-corrected chi connectivity index (χ1v) is 5.89. The first-order chi connectivity index (χ1) is 8.27. The quantitative estimate of drug-likeness (QED) is 0.571. The molecule has 0 aliphatic carbocycles. The number of hydrogen-bond donors (Lipinski definition) is 1. The third-order valence-electron chi connectivity index (χ3n) is 2.00. The van der Waals surface area contributed by atoms with Crippen LogP contribution in [0.3, 0.4) is 0 Å².